The Morgan fingerprint density at radius 1 is 1.07 bits per heavy atom. The molecule has 55 heavy (non-hydrogen) atoms. The van der Waals surface area contributed by atoms with Gasteiger partial charge in [0.05, 0.1) is 43.2 Å². The van der Waals surface area contributed by atoms with E-state index in [4.69, 9.17) is 9.47 Å². The second-order valence-corrected chi connectivity index (χ2v) is 17.8. The number of piperidine rings is 2. The van der Waals surface area contributed by atoms with Crippen LogP contribution in [0, 0.1) is 34.5 Å². The smallest absolute Gasteiger partial charge is 0.341 e. The molecular weight excluding hydrogens is 702 g/mol. The standard InChI is InChI=1S/C41H53N7O7/c1-39-9-8-33(50)40(2,21-49)31(39)7-10-41(22-54-41)32(39)15-30(45-38-42-11-12-43-38)29-14-28(55-37(29)53)13-24-3-5-27(6-4-24)44-34(51)16-35(52)46-36-25-17-47-19-26(36)20-48(18-25)23-47/h3-6,11-14,25-26,30-33,36,49-50H,7-10,15-23H2,1-2H3,(H,44,51)(H,46,52)(H2,42,43,45)/b28-13+/t25?,26?,30?,31?,32?,33-,36?,39+,40+,41?/m1/s1. The van der Waals surface area contributed by atoms with Crippen molar-refractivity contribution in [2.45, 2.75) is 76.2 Å². The lowest BCUT2D eigenvalue weighted by atomic mass is 9.44. The van der Waals surface area contributed by atoms with Gasteiger partial charge in [0.1, 0.15) is 12.2 Å². The quantitative estimate of drug-likeness (QED) is 0.113. The number of aliphatic hydroxyl groups excluding tert-OH is 2. The van der Waals surface area contributed by atoms with Gasteiger partial charge in [-0.05, 0) is 79.2 Å². The molecule has 2 amide bonds. The molecule has 2 aromatic rings. The second kappa shape index (κ2) is 13.8. The molecule has 14 nitrogen and oxygen atoms in total. The number of esters is 1. The van der Waals surface area contributed by atoms with E-state index in [2.05, 4.69) is 42.6 Å². The summed E-state index contributed by atoms with van der Waals surface area (Å²) >= 11 is 0. The molecule has 0 radical (unpaired) electrons. The number of amides is 2. The summed E-state index contributed by atoms with van der Waals surface area (Å²) in [4.78, 5) is 51.7. The molecule has 6 N–H and O–H groups in total. The van der Waals surface area contributed by atoms with Crippen LogP contribution < -0.4 is 16.0 Å². The Morgan fingerprint density at radius 3 is 2.45 bits per heavy atom. The Balaban J connectivity index is 0.877. The van der Waals surface area contributed by atoms with Gasteiger partial charge in [0.25, 0.3) is 0 Å². The van der Waals surface area contributed by atoms with Crippen LogP contribution in [0.25, 0.3) is 6.08 Å². The Hall–Kier alpha value is -4.08. The first-order chi connectivity index (χ1) is 26.4. The van der Waals surface area contributed by atoms with E-state index in [1.54, 1.807) is 36.7 Å². The zero-order valence-corrected chi connectivity index (χ0v) is 31.6. The number of imidazole rings is 1. The van der Waals surface area contributed by atoms with Crippen LogP contribution in [0.1, 0.15) is 57.9 Å². The minimum atomic E-state index is -0.619. The summed E-state index contributed by atoms with van der Waals surface area (Å²) in [6.07, 6.45) is 9.82. The van der Waals surface area contributed by atoms with Crippen LogP contribution in [-0.4, -0.2) is 118 Å². The lowest BCUT2D eigenvalue weighted by Gasteiger charge is -2.61. The van der Waals surface area contributed by atoms with Crippen molar-refractivity contribution < 1.29 is 34.1 Å². The van der Waals surface area contributed by atoms with Crippen molar-refractivity contribution >= 4 is 35.5 Å². The van der Waals surface area contributed by atoms with Gasteiger partial charge in [0.2, 0.25) is 17.8 Å². The lowest BCUT2D eigenvalue weighted by molar-refractivity contribution is -0.177. The molecule has 294 valence electrons. The van der Waals surface area contributed by atoms with E-state index in [0.717, 1.165) is 57.7 Å². The molecule has 4 unspecified atom stereocenters. The highest BCUT2D eigenvalue weighted by Crippen LogP contribution is 2.66. The van der Waals surface area contributed by atoms with Crippen LogP contribution in [0.15, 0.2) is 54.1 Å². The number of cyclic esters (lactones) is 1. The molecule has 5 saturated heterocycles. The summed E-state index contributed by atoms with van der Waals surface area (Å²) in [5, 5.41) is 31.1. The molecule has 1 spiro atoms. The molecule has 7 fully saturated rings. The maximum absolute atomic E-state index is 13.6. The number of nitrogens with one attached hydrogen (secondary N) is 4. The Labute approximate surface area is 321 Å². The van der Waals surface area contributed by atoms with Crippen molar-refractivity contribution in [2.75, 3.05) is 56.7 Å². The normalized spacial score (nSPS) is 39.7. The van der Waals surface area contributed by atoms with Crippen molar-refractivity contribution in [3.05, 3.63) is 59.6 Å². The van der Waals surface area contributed by atoms with E-state index >= 15 is 0 Å². The van der Waals surface area contributed by atoms with E-state index in [1.165, 1.54) is 0 Å². The summed E-state index contributed by atoms with van der Waals surface area (Å²) in [5.41, 5.74) is 0.670. The summed E-state index contributed by atoms with van der Waals surface area (Å²) in [7, 11) is 0. The van der Waals surface area contributed by atoms with Gasteiger partial charge in [0, 0.05) is 67.6 Å². The second-order valence-electron chi connectivity index (χ2n) is 17.8. The fraction of sp³-hybridized carbons (Fsp3) is 0.610. The highest BCUT2D eigenvalue weighted by atomic mass is 16.6. The third-order valence-corrected chi connectivity index (χ3v) is 14.4. The number of anilines is 2. The predicted molar refractivity (Wildman–Crippen MR) is 203 cm³/mol. The van der Waals surface area contributed by atoms with Gasteiger partial charge in [-0.15, -0.1) is 0 Å². The van der Waals surface area contributed by atoms with E-state index in [-0.39, 0.29) is 53.7 Å². The van der Waals surface area contributed by atoms with Gasteiger partial charge in [-0.3, -0.25) is 19.4 Å². The predicted octanol–water partition coefficient (Wildman–Crippen LogP) is 2.71. The fourth-order valence-electron chi connectivity index (χ4n) is 11.6. The van der Waals surface area contributed by atoms with Crippen LogP contribution >= 0.6 is 0 Å². The van der Waals surface area contributed by atoms with Gasteiger partial charge in [-0.2, -0.15) is 0 Å². The molecule has 4 bridgehead atoms. The number of aromatic nitrogens is 2. The number of aromatic amines is 1. The SMILES string of the molecule is C[C@]12CC[C@@H](O)[C@@](C)(CO)C1CCC1(CO1)C2CC(Nc1ncc[nH]1)C1=C/C(=C\c2ccc(NC(=O)CC(=O)NC3C4CN5CC3CN(C4)C5)cc2)OC1=O. The monoisotopic (exact) mass is 755 g/mol. The number of fused-ring (bicyclic) bond motifs is 1. The zero-order chi connectivity index (χ0) is 38.1. The number of aliphatic hydroxyl groups is 2. The van der Waals surface area contributed by atoms with Gasteiger partial charge < -0.3 is 40.6 Å². The van der Waals surface area contributed by atoms with Crippen molar-refractivity contribution in [1.82, 2.24) is 25.1 Å². The molecular formula is C41H53N7O7. The van der Waals surface area contributed by atoms with E-state index in [9.17, 15) is 24.6 Å². The first-order valence-corrected chi connectivity index (χ1v) is 19.9. The number of H-pyrrole nitrogens is 1. The molecule has 2 saturated carbocycles. The number of ether oxygens (including phenoxy) is 2. The number of rotatable bonds is 11. The highest BCUT2D eigenvalue weighted by molar-refractivity contribution is 6.03. The molecule has 1 aromatic heterocycles. The first-order valence-electron chi connectivity index (χ1n) is 19.9. The number of nitrogens with zero attached hydrogens (tertiary/aromatic N) is 3. The van der Waals surface area contributed by atoms with Crippen molar-refractivity contribution in [1.29, 1.82) is 0 Å². The van der Waals surface area contributed by atoms with Crippen molar-refractivity contribution in [3.8, 4) is 0 Å². The average molecular weight is 756 g/mol. The Kier molecular flexibility index (Phi) is 9.20. The number of allylic oxidation sites excluding steroid dienone is 1. The summed E-state index contributed by atoms with van der Waals surface area (Å²) in [6, 6.07) is 6.86. The molecule has 8 aliphatic rings. The van der Waals surface area contributed by atoms with Gasteiger partial charge in [0.15, 0.2) is 0 Å². The largest absolute Gasteiger partial charge is 0.423 e. The molecule has 7 atom stereocenters. The minimum Gasteiger partial charge on any atom is -0.423 e. The number of benzene rings is 1. The topological polar surface area (TPSA) is 185 Å². The highest BCUT2D eigenvalue weighted by Gasteiger charge is 2.67. The number of epoxide rings is 1. The summed E-state index contributed by atoms with van der Waals surface area (Å²) in [6.45, 7) is 9.89. The van der Waals surface area contributed by atoms with Crippen LogP contribution in [0.2, 0.25) is 0 Å². The van der Waals surface area contributed by atoms with Crippen LogP contribution in [-0.2, 0) is 23.9 Å². The molecule has 14 heteroatoms. The molecule has 1 aromatic carbocycles. The third-order valence-electron chi connectivity index (χ3n) is 14.4. The van der Waals surface area contributed by atoms with Gasteiger partial charge in [-0.1, -0.05) is 26.0 Å². The fourth-order valence-corrected chi connectivity index (χ4v) is 11.6. The Bertz CT molecular complexity index is 1850. The maximum atomic E-state index is 13.6. The molecule has 2 aliphatic carbocycles. The zero-order valence-electron chi connectivity index (χ0n) is 31.6. The molecule has 6 aliphatic heterocycles. The van der Waals surface area contributed by atoms with Gasteiger partial charge >= 0.3 is 5.97 Å². The van der Waals surface area contributed by atoms with Crippen molar-refractivity contribution in [2.24, 2.45) is 34.5 Å². The minimum absolute atomic E-state index is 0.0500. The van der Waals surface area contributed by atoms with E-state index in [1.807, 2.05) is 19.1 Å². The van der Waals surface area contributed by atoms with Crippen LogP contribution in [0.4, 0.5) is 11.6 Å². The van der Waals surface area contributed by atoms with Crippen molar-refractivity contribution in [3.63, 3.8) is 0 Å². The number of carbonyl (C=O) groups excluding carboxylic acids is 3. The number of carbonyl (C=O) groups is 3. The van der Waals surface area contributed by atoms with Crippen LogP contribution in [0.5, 0.6) is 0 Å². The molecule has 7 heterocycles. The average Bonchev–Trinajstić information content (AvgIpc) is 3.53. The number of hydrogen-bond donors (Lipinski definition) is 6. The van der Waals surface area contributed by atoms with Crippen LogP contribution in [0.3, 0.4) is 0 Å². The van der Waals surface area contributed by atoms with E-state index < -0.39 is 23.5 Å². The summed E-state index contributed by atoms with van der Waals surface area (Å²) < 4.78 is 12.1. The Morgan fingerprint density at radius 2 is 1.80 bits per heavy atom. The first kappa shape index (κ1) is 36.6. The maximum Gasteiger partial charge on any atom is 0.341 e. The summed E-state index contributed by atoms with van der Waals surface area (Å²) in [5.74, 6) is 0.845. The third kappa shape index (κ3) is 6.69. The molecule has 10 rings (SSSR count). The number of hydrogen-bond acceptors (Lipinski definition) is 11. The van der Waals surface area contributed by atoms with E-state index in [0.29, 0.717) is 54.3 Å². The lowest BCUT2D eigenvalue weighted by Crippen LogP contribution is -2.71. The van der Waals surface area contributed by atoms with Gasteiger partial charge in [-0.25, -0.2) is 9.78 Å².